The van der Waals surface area contributed by atoms with Gasteiger partial charge in [0.05, 0.1) is 12.4 Å². The molecule has 3 atom stereocenters. The van der Waals surface area contributed by atoms with Crippen LogP contribution in [0.3, 0.4) is 0 Å². The minimum Gasteiger partial charge on any atom is -0.464 e. The summed E-state index contributed by atoms with van der Waals surface area (Å²) < 4.78 is 7.82. The maximum absolute atomic E-state index is 13.0. The summed E-state index contributed by atoms with van der Waals surface area (Å²) in [5, 5.41) is 0. The van der Waals surface area contributed by atoms with Crippen molar-refractivity contribution in [3.05, 3.63) is 42.4 Å². The summed E-state index contributed by atoms with van der Waals surface area (Å²) in [7, 11) is 0. The molecule has 0 bridgehead atoms. The molecular formula is C18H25N3O2. The molecule has 5 nitrogen and oxygen atoms in total. The molecule has 3 rings (SSSR count). The zero-order chi connectivity index (χ0) is 16.4. The number of hydrogen-bond donors (Lipinski definition) is 0. The molecule has 1 aliphatic rings. The Morgan fingerprint density at radius 1 is 1.48 bits per heavy atom. The number of amides is 1. The lowest BCUT2D eigenvalue weighted by Crippen LogP contribution is -2.43. The molecule has 0 spiro atoms. The number of rotatable bonds is 4. The molecule has 3 heterocycles. The number of aromatic nitrogens is 2. The molecule has 124 valence electrons. The third-order valence-electron chi connectivity index (χ3n) is 4.84. The Balaban J connectivity index is 1.84. The van der Waals surface area contributed by atoms with E-state index in [9.17, 15) is 4.79 Å². The van der Waals surface area contributed by atoms with Gasteiger partial charge in [-0.05, 0) is 37.8 Å². The summed E-state index contributed by atoms with van der Waals surface area (Å²) in [6.45, 7) is 7.04. The van der Waals surface area contributed by atoms with Crippen LogP contribution in [0.2, 0.25) is 0 Å². The second-order valence-corrected chi connectivity index (χ2v) is 6.52. The normalized spacial score (nSPS) is 23.0. The van der Waals surface area contributed by atoms with E-state index in [1.807, 2.05) is 34.7 Å². The molecule has 2 aromatic rings. The molecule has 0 radical (unpaired) electrons. The third kappa shape index (κ3) is 3.19. The summed E-state index contributed by atoms with van der Waals surface area (Å²) in [5.41, 5.74) is 0. The van der Waals surface area contributed by atoms with Gasteiger partial charge in [-0.2, -0.15) is 0 Å². The van der Waals surface area contributed by atoms with E-state index >= 15 is 0 Å². The molecule has 1 amide bonds. The van der Waals surface area contributed by atoms with E-state index < -0.39 is 0 Å². The van der Waals surface area contributed by atoms with Gasteiger partial charge in [0.15, 0.2) is 0 Å². The van der Waals surface area contributed by atoms with Crippen LogP contribution in [0.25, 0.3) is 0 Å². The summed E-state index contributed by atoms with van der Waals surface area (Å²) in [6, 6.07) is 3.85. The first-order chi connectivity index (χ1) is 11.1. The molecule has 23 heavy (non-hydrogen) atoms. The second-order valence-electron chi connectivity index (χ2n) is 6.52. The van der Waals surface area contributed by atoms with E-state index in [1.54, 1.807) is 12.5 Å². The number of aryl methyl sites for hydroxylation is 1. The summed E-state index contributed by atoms with van der Waals surface area (Å²) >= 11 is 0. The van der Waals surface area contributed by atoms with Crippen molar-refractivity contribution in [3.63, 3.8) is 0 Å². The number of carbonyl (C=O) groups excluding carboxylic acids is 1. The van der Waals surface area contributed by atoms with Gasteiger partial charge in [-0.25, -0.2) is 4.98 Å². The molecule has 0 unspecified atom stereocenters. The summed E-state index contributed by atoms with van der Waals surface area (Å²) in [6.07, 6.45) is 8.12. The number of piperidine rings is 1. The Kier molecular flexibility index (Phi) is 4.55. The first kappa shape index (κ1) is 15.8. The van der Waals surface area contributed by atoms with Gasteiger partial charge >= 0.3 is 0 Å². The third-order valence-corrected chi connectivity index (χ3v) is 4.84. The van der Waals surface area contributed by atoms with Gasteiger partial charge in [0.25, 0.3) is 0 Å². The Labute approximate surface area is 137 Å². The minimum atomic E-state index is -0.242. The van der Waals surface area contributed by atoms with E-state index in [0.29, 0.717) is 5.92 Å². The molecule has 0 aromatic carbocycles. The molecule has 1 aliphatic heterocycles. The highest BCUT2D eigenvalue weighted by molar-refractivity contribution is 5.80. The minimum absolute atomic E-state index is 0.0394. The molecule has 1 saturated heterocycles. The SMILES string of the molecule is CCc1ccc([C@@H]2C[C@H](C)CCN2C(=O)[C@H](C)n2ccnc2)o1. The molecular weight excluding hydrogens is 290 g/mol. The number of likely N-dealkylation sites (tertiary alicyclic amines) is 1. The van der Waals surface area contributed by atoms with Crippen LogP contribution in [0.15, 0.2) is 35.3 Å². The van der Waals surface area contributed by atoms with Gasteiger partial charge in [0.2, 0.25) is 5.91 Å². The van der Waals surface area contributed by atoms with Crippen LogP contribution in [-0.2, 0) is 11.2 Å². The van der Waals surface area contributed by atoms with Crippen LogP contribution in [0.5, 0.6) is 0 Å². The van der Waals surface area contributed by atoms with Crippen LogP contribution in [-0.4, -0.2) is 26.9 Å². The van der Waals surface area contributed by atoms with Gasteiger partial charge in [-0.1, -0.05) is 13.8 Å². The van der Waals surface area contributed by atoms with Gasteiger partial charge < -0.3 is 13.9 Å². The average Bonchev–Trinajstić information content (AvgIpc) is 3.24. The predicted octanol–water partition coefficient (Wildman–Crippen LogP) is 3.60. The van der Waals surface area contributed by atoms with Crippen molar-refractivity contribution in [3.8, 4) is 0 Å². The second kappa shape index (κ2) is 6.60. The lowest BCUT2D eigenvalue weighted by Gasteiger charge is -2.39. The Hall–Kier alpha value is -2.04. The maximum atomic E-state index is 13.0. The zero-order valence-corrected chi connectivity index (χ0v) is 14.1. The Morgan fingerprint density at radius 2 is 2.30 bits per heavy atom. The van der Waals surface area contributed by atoms with Crippen molar-refractivity contribution in [2.75, 3.05) is 6.54 Å². The fourth-order valence-corrected chi connectivity index (χ4v) is 3.30. The van der Waals surface area contributed by atoms with E-state index in [2.05, 4.69) is 18.8 Å². The van der Waals surface area contributed by atoms with Crippen molar-refractivity contribution < 1.29 is 9.21 Å². The van der Waals surface area contributed by atoms with Crippen molar-refractivity contribution in [1.29, 1.82) is 0 Å². The maximum Gasteiger partial charge on any atom is 0.246 e. The summed E-state index contributed by atoms with van der Waals surface area (Å²) in [4.78, 5) is 19.0. The first-order valence-corrected chi connectivity index (χ1v) is 8.46. The van der Waals surface area contributed by atoms with Gasteiger partial charge in [-0.15, -0.1) is 0 Å². The van der Waals surface area contributed by atoms with Gasteiger partial charge in [0.1, 0.15) is 17.6 Å². The van der Waals surface area contributed by atoms with E-state index in [-0.39, 0.29) is 18.0 Å². The topological polar surface area (TPSA) is 51.3 Å². The smallest absolute Gasteiger partial charge is 0.246 e. The van der Waals surface area contributed by atoms with Crippen molar-refractivity contribution >= 4 is 5.91 Å². The first-order valence-electron chi connectivity index (χ1n) is 8.46. The number of hydrogen-bond acceptors (Lipinski definition) is 3. The van der Waals surface area contributed by atoms with Crippen LogP contribution in [0.4, 0.5) is 0 Å². The quantitative estimate of drug-likeness (QED) is 0.866. The standard InChI is InChI=1S/C18H25N3O2/c1-4-15-5-6-17(23-15)16-11-13(2)7-9-21(16)18(22)14(3)20-10-8-19-12-20/h5-6,8,10,12-14,16H,4,7,9,11H2,1-3H3/t13-,14+,16+/m1/s1. The fourth-order valence-electron chi connectivity index (χ4n) is 3.30. The van der Waals surface area contributed by atoms with E-state index in [4.69, 9.17) is 4.42 Å². The summed E-state index contributed by atoms with van der Waals surface area (Å²) in [5.74, 6) is 2.63. The van der Waals surface area contributed by atoms with Crippen LogP contribution < -0.4 is 0 Å². The van der Waals surface area contributed by atoms with Crippen LogP contribution >= 0.6 is 0 Å². The average molecular weight is 315 g/mol. The molecule has 5 heteroatoms. The number of furan rings is 1. The number of carbonyl (C=O) groups is 1. The Morgan fingerprint density at radius 3 is 2.96 bits per heavy atom. The molecule has 1 fully saturated rings. The fraction of sp³-hybridized carbons (Fsp3) is 0.556. The Bertz CT molecular complexity index is 647. The zero-order valence-electron chi connectivity index (χ0n) is 14.1. The van der Waals surface area contributed by atoms with Crippen molar-refractivity contribution in [1.82, 2.24) is 14.5 Å². The largest absolute Gasteiger partial charge is 0.464 e. The predicted molar refractivity (Wildman–Crippen MR) is 87.9 cm³/mol. The van der Waals surface area contributed by atoms with Crippen LogP contribution in [0.1, 0.15) is 57.2 Å². The number of imidazole rings is 1. The highest BCUT2D eigenvalue weighted by Gasteiger charge is 2.35. The van der Waals surface area contributed by atoms with Crippen LogP contribution in [0, 0.1) is 5.92 Å². The highest BCUT2D eigenvalue weighted by atomic mass is 16.3. The van der Waals surface area contributed by atoms with Crippen molar-refractivity contribution in [2.24, 2.45) is 5.92 Å². The molecule has 0 N–H and O–H groups in total. The lowest BCUT2D eigenvalue weighted by atomic mass is 9.90. The van der Waals surface area contributed by atoms with Crippen molar-refractivity contribution in [2.45, 2.75) is 52.1 Å². The van der Waals surface area contributed by atoms with Gasteiger partial charge in [-0.3, -0.25) is 4.79 Å². The number of nitrogens with zero attached hydrogens (tertiary/aromatic N) is 3. The van der Waals surface area contributed by atoms with E-state index in [0.717, 1.165) is 37.3 Å². The highest BCUT2D eigenvalue weighted by Crippen LogP contribution is 2.36. The molecule has 0 saturated carbocycles. The lowest BCUT2D eigenvalue weighted by molar-refractivity contribution is -0.139. The van der Waals surface area contributed by atoms with Gasteiger partial charge in [0, 0.05) is 25.4 Å². The molecule has 2 aromatic heterocycles. The van der Waals surface area contributed by atoms with E-state index in [1.165, 1.54) is 0 Å². The molecule has 0 aliphatic carbocycles. The monoisotopic (exact) mass is 315 g/mol.